The van der Waals surface area contributed by atoms with Crippen molar-refractivity contribution in [3.05, 3.63) is 65.5 Å². The molecule has 0 bridgehead atoms. The van der Waals surface area contributed by atoms with Crippen molar-refractivity contribution < 1.29 is 18.0 Å². The van der Waals surface area contributed by atoms with Crippen molar-refractivity contribution >= 4 is 6.03 Å². The third kappa shape index (κ3) is 3.70. The number of carbonyl (C=O) groups is 1. The number of halogens is 3. The number of hydrogen-bond donors (Lipinski definition) is 1. The van der Waals surface area contributed by atoms with Crippen molar-refractivity contribution in [2.45, 2.75) is 37.9 Å². The van der Waals surface area contributed by atoms with Crippen LogP contribution in [0.25, 0.3) is 0 Å². The molecule has 1 atom stereocenters. The number of pyridine rings is 1. The van der Waals surface area contributed by atoms with Crippen molar-refractivity contribution in [1.82, 2.24) is 15.2 Å². The van der Waals surface area contributed by atoms with Gasteiger partial charge in [-0.15, -0.1) is 0 Å². The average Bonchev–Trinajstić information content (AvgIpc) is 3.13. The fourth-order valence-electron chi connectivity index (χ4n) is 4.21. The molecule has 148 valence electrons. The number of benzene rings is 1. The van der Waals surface area contributed by atoms with E-state index in [1.54, 1.807) is 35.5 Å². The largest absolute Gasteiger partial charge is 0.416 e. The summed E-state index contributed by atoms with van der Waals surface area (Å²) in [6, 6.07) is 7.63. The molecule has 2 aromatic rings. The Kier molecular flexibility index (Phi) is 4.77. The van der Waals surface area contributed by atoms with Gasteiger partial charge in [-0.2, -0.15) is 13.2 Å². The molecule has 2 amide bonds. The maximum Gasteiger partial charge on any atom is 0.416 e. The molecule has 0 radical (unpaired) electrons. The van der Waals surface area contributed by atoms with E-state index < -0.39 is 17.8 Å². The number of urea groups is 1. The van der Waals surface area contributed by atoms with E-state index in [9.17, 15) is 18.0 Å². The number of rotatable bonds is 3. The van der Waals surface area contributed by atoms with Crippen LogP contribution in [-0.4, -0.2) is 29.0 Å². The second-order valence-corrected chi connectivity index (χ2v) is 7.82. The van der Waals surface area contributed by atoms with Gasteiger partial charge in [-0.3, -0.25) is 4.98 Å². The van der Waals surface area contributed by atoms with Gasteiger partial charge in [-0.05, 0) is 54.0 Å². The number of nitrogens with zero attached hydrogens (tertiary/aromatic N) is 2. The first-order valence-electron chi connectivity index (χ1n) is 9.49. The second-order valence-electron chi connectivity index (χ2n) is 7.82. The van der Waals surface area contributed by atoms with E-state index in [4.69, 9.17) is 0 Å². The first-order valence-corrected chi connectivity index (χ1v) is 9.49. The van der Waals surface area contributed by atoms with Gasteiger partial charge in [0.1, 0.15) is 0 Å². The quantitative estimate of drug-likeness (QED) is 0.822. The number of alkyl halides is 3. The van der Waals surface area contributed by atoms with Gasteiger partial charge in [-0.1, -0.05) is 24.6 Å². The minimum Gasteiger partial charge on any atom is -0.327 e. The number of aromatic nitrogens is 1. The van der Waals surface area contributed by atoms with Crippen LogP contribution in [-0.2, 0) is 6.18 Å². The molecular weight excluding hydrogens is 367 g/mol. The third-order valence-electron chi connectivity index (χ3n) is 5.97. The van der Waals surface area contributed by atoms with Crippen LogP contribution in [0.1, 0.15) is 48.4 Å². The third-order valence-corrected chi connectivity index (χ3v) is 5.97. The van der Waals surface area contributed by atoms with Gasteiger partial charge in [0.2, 0.25) is 0 Å². The SMILES string of the molecule is O=C(N[C@H](c1cccnc1)c1cccc(C(F)(F)F)c1)N1CCC2(CCC2)C1. The van der Waals surface area contributed by atoms with E-state index in [0.717, 1.165) is 37.9 Å². The molecule has 1 saturated heterocycles. The Hall–Kier alpha value is -2.57. The fourth-order valence-corrected chi connectivity index (χ4v) is 4.21. The van der Waals surface area contributed by atoms with Crippen molar-refractivity contribution in [3.8, 4) is 0 Å². The van der Waals surface area contributed by atoms with Gasteiger partial charge in [-0.25, -0.2) is 4.79 Å². The molecule has 7 heteroatoms. The summed E-state index contributed by atoms with van der Waals surface area (Å²) >= 11 is 0. The molecule has 2 heterocycles. The minimum atomic E-state index is -4.44. The summed E-state index contributed by atoms with van der Waals surface area (Å²) < 4.78 is 39.5. The lowest BCUT2D eigenvalue weighted by Crippen LogP contribution is -2.43. The van der Waals surface area contributed by atoms with Crippen LogP contribution in [0.5, 0.6) is 0 Å². The molecule has 1 spiro atoms. The Morgan fingerprint density at radius 2 is 1.93 bits per heavy atom. The monoisotopic (exact) mass is 389 g/mol. The molecule has 1 aliphatic heterocycles. The highest BCUT2D eigenvalue weighted by Crippen LogP contribution is 2.48. The lowest BCUT2D eigenvalue weighted by Gasteiger charge is -2.38. The summed E-state index contributed by atoms with van der Waals surface area (Å²) in [5.41, 5.74) is 0.557. The van der Waals surface area contributed by atoms with E-state index in [1.807, 2.05) is 0 Å². The summed E-state index contributed by atoms with van der Waals surface area (Å²) in [6.07, 6.45) is 3.23. The fraction of sp³-hybridized carbons (Fsp3) is 0.429. The van der Waals surface area contributed by atoms with Crippen molar-refractivity contribution in [1.29, 1.82) is 0 Å². The first kappa shape index (κ1) is 18.8. The molecule has 28 heavy (non-hydrogen) atoms. The van der Waals surface area contributed by atoms with Crippen LogP contribution in [0.4, 0.5) is 18.0 Å². The zero-order valence-corrected chi connectivity index (χ0v) is 15.4. The van der Waals surface area contributed by atoms with Crippen LogP contribution in [0.3, 0.4) is 0 Å². The minimum absolute atomic E-state index is 0.241. The Labute approximate surface area is 161 Å². The summed E-state index contributed by atoms with van der Waals surface area (Å²) in [4.78, 5) is 18.7. The zero-order valence-electron chi connectivity index (χ0n) is 15.4. The number of hydrogen-bond acceptors (Lipinski definition) is 2. The summed E-state index contributed by atoms with van der Waals surface area (Å²) in [5.74, 6) is 0. The Balaban J connectivity index is 1.59. The van der Waals surface area contributed by atoms with Crippen molar-refractivity contribution in [2.24, 2.45) is 5.41 Å². The van der Waals surface area contributed by atoms with E-state index in [1.165, 1.54) is 12.5 Å². The summed E-state index contributed by atoms with van der Waals surface area (Å²) in [5, 5.41) is 2.94. The van der Waals surface area contributed by atoms with Crippen LogP contribution in [0.15, 0.2) is 48.8 Å². The van der Waals surface area contributed by atoms with Crippen LogP contribution in [0, 0.1) is 5.41 Å². The summed E-state index contributed by atoms with van der Waals surface area (Å²) in [7, 11) is 0. The second kappa shape index (κ2) is 7.11. The lowest BCUT2D eigenvalue weighted by molar-refractivity contribution is -0.137. The van der Waals surface area contributed by atoms with Crippen LogP contribution < -0.4 is 5.32 Å². The Bertz CT molecular complexity index is 849. The van der Waals surface area contributed by atoms with Crippen molar-refractivity contribution in [2.75, 3.05) is 13.1 Å². The number of carbonyl (C=O) groups excluding carboxylic acids is 1. The van der Waals surface area contributed by atoms with Gasteiger partial charge in [0.25, 0.3) is 0 Å². The molecule has 1 N–H and O–H groups in total. The molecule has 0 unspecified atom stereocenters. The van der Waals surface area contributed by atoms with Gasteiger partial charge >= 0.3 is 12.2 Å². The number of likely N-dealkylation sites (tertiary alicyclic amines) is 1. The summed E-state index contributed by atoms with van der Waals surface area (Å²) in [6.45, 7) is 1.41. The van der Waals surface area contributed by atoms with Crippen LogP contribution in [0.2, 0.25) is 0 Å². The molecule has 1 aliphatic carbocycles. The molecule has 1 saturated carbocycles. The molecule has 4 nitrogen and oxygen atoms in total. The van der Waals surface area contributed by atoms with Gasteiger partial charge < -0.3 is 10.2 Å². The molecule has 4 rings (SSSR count). The maximum atomic E-state index is 13.2. The van der Waals surface area contributed by atoms with E-state index in [-0.39, 0.29) is 11.4 Å². The molecule has 1 aromatic carbocycles. The highest BCUT2D eigenvalue weighted by Gasteiger charge is 2.44. The van der Waals surface area contributed by atoms with Gasteiger partial charge in [0.05, 0.1) is 11.6 Å². The van der Waals surface area contributed by atoms with Crippen molar-refractivity contribution in [3.63, 3.8) is 0 Å². The first-order chi connectivity index (χ1) is 13.4. The Morgan fingerprint density at radius 3 is 2.54 bits per heavy atom. The standard InChI is InChI=1S/C21H22F3N3O/c22-21(23,24)17-6-1-4-15(12-17)18(16-5-2-10-25-13-16)26-19(28)27-11-9-20(14-27)7-3-8-20/h1-2,4-6,10,12-13,18H,3,7-9,11,14H2,(H,26,28)/t18-/m0/s1. The van der Waals surface area contributed by atoms with Gasteiger partial charge in [0, 0.05) is 25.5 Å². The van der Waals surface area contributed by atoms with E-state index >= 15 is 0 Å². The molecular formula is C21H22F3N3O. The maximum absolute atomic E-state index is 13.2. The van der Waals surface area contributed by atoms with E-state index in [2.05, 4.69) is 10.3 Å². The number of nitrogens with one attached hydrogen (secondary N) is 1. The van der Waals surface area contributed by atoms with Crippen LogP contribution >= 0.6 is 0 Å². The molecule has 2 fully saturated rings. The molecule has 2 aliphatic rings. The predicted octanol–water partition coefficient (Wildman–Crippen LogP) is 4.78. The predicted molar refractivity (Wildman–Crippen MR) is 98.5 cm³/mol. The van der Waals surface area contributed by atoms with Gasteiger partial charge in [0.15, 0.2) is 0 Å². The zero-order chi connectivity index (χ0) is 19.8. The smallest absolute Gasteiger partial charge is 0.327 e. The number of amides is 2. The lowest BCUT2D eigenvalue weighted by atomic mass is 9.68. The van der Waals surface area contributed by atoms with E-state index in [0.29, 0.717) is 17.7 Å². The topological polar surface area (TPSA) is 45.2 Å². The Morgan fingerprint density at radius 1 is 1.14 bits per heavy atom. The molecule has 1 aromatic heterocycles. The normalized spacial score (nSPS) is 19.3. The highest BCUT2D eigenvalue weighted by molar-refractivity contribution is 5.75. The highest BCUT2D eigenvalue weighted by atomic mass is 19.4. The average molecular weight is 389 g/mol.